The molecule has 0 saturated carbocycles. The van der Waals surface area contributed by atoms with E-state index in [2.05, 4.69) is 9.47 Å². The smallest absolute Gasteiger partial charge is 0.465 e. The van der Waals surface area contributed by atoms with Gasteiger partial charge in [-0.25, -0.2) is 13.6 Å². The predicted molar refractivity (Wildman–Crippen MR) is 54.1 cm³/mol. The van der Waals surface area contributed by atoms with Gasteiger partial charge in [0.15, 0.2) is 0 Å². The number of carbonyl (C=O) groups excluding carboxylic acids is 1. The van der Waals surface area contributed by atoms with Crippen molar-refractivity contribution in [2.45, 2.75) is 12.8 Å². The first-order valence-corrected chi connectivity index (χ1v) is 4.90. The molecule has 0 radical (unpaired) electrons. The number of nitrogens with zero attached hydrogens (tertiary/aromatic N) is 1. The lowest BCUT2D eigenvalue weighted by molar-refractivity contribution is -0.275. The second-order valence-electron chi connectivity index (χ2n) is 3.39. The number of rotatable bonds is 3. The first kappa shape index (κ1) is 15.7. The monoisotopic (exact) mass is 295 g/mol. The molecule has 0 saturated heterocycles. The van der Waals surface area contributed by atoms with Gasteiger partial charge in [0.1, 0.15) is 11.8 Å². The van der Waals surface area contributed by atoms with E-state index < -0.39 is 41.2 Å². The first-order valence-electron chi connectivity index (χ1n) is 4.90. The van der Waals surface area contributed by atoms with Crippen LogP contribution in [0.5, 0.6) is 5.75 Å². The summed E-state index contributed by atoms with van der Waals surface area (Å²) in [6.45, 7) is 0. The van der Waals surface area contributed by atoms with Gasteiger partial charge < -0.3 is 9.47 Å². The lowest BCUT2D eigenvalue weighted by atomic mass is 10.0. The molecule has 0 aliphatic heterocycles. The van der Waals surface area contributed by atoms with Crippen LogP contribution in [-0.4, -0.2) is 19.4 Å². The number of hydrogen-bond acceptors (Lipinski definition) is 4. The number of benzene rings is 1. The number of alkyl halides is 5. The Hall–Kier alpha value is -2.37. The number of halogens is 5. The Balaban J connectivity index is 3.47. The average Bonchev–Trinajstić information content (AvgIpc) is 2.35. The minimum atomic E-state index is -5.22. The molecule has 1 aromatic rings. The summed E-state index contributed by atoms with van der Waals surface area (Å²) in [6, 6.07) is 2.28. The third-order valence-corrected chi connectivity index (χ3v) is 2.14. The highest BCUT2D eigenvalue weighted by Gasteiger charge is 2.34. The Morgan fingerprint density at radius 1 is 1.35 bits per heavy atom. The van der Waals surface area contributed by atoms with Gasteiger partial charge in [0.2, 0.25) is 0 Å². The molecule has 0 fully saturated rings. The van der Waals surface area contributed by atoms with Crippen molar-refractivity contribution >= 4 is 5.97 Å². The standard InChI is InChI=1S/C11H6F5NO3/c1-19-10(18)6-3-8(20-11(14,15)16)7(9(12)13)2-5(6)4-17/h2-3,9H,1H3. The van der Waals surface area contributed by atoms with Gasteiger partial charge >= 0.3 is 12.3 Å². The number of hydrogen-bond donors (Lipinski definition) is 0. The van der Waals surface area contributed by atoms with Crippen LogP contribution in [0.3, 0.4) is 0 Å². The maximum Gasteiger partial charge on any atom is 0.573 e. The van der Waals surface area contributed by atoms with Gasteiger partial charge in [0.05, 0.1) is 23.8 Å². The molecule has 1 rings (SSSR count). The molecular formula is C11H6F5NO3. The van der Waals surface area contributed by atoms with E-state index in [4.69, 9.17) is 5.26 Å². The van der Waals surface area contributed by atoms with Crippen LogP contribution in [0.25, 0.3) is 0 Å². The highest BCUT2D eigenvalue weighted by molar-refractivity contribution is 5.92. The Labute approximate surface area is 109 Å². The number of esters is 1. The molecule has 0 unspecified atom stereocenters. The minimum absolute atomic E-state index is 0.402. The summed E-state index contributed by atoms with van der Waals surface area (Å²) in [6.07, 6.45) is -8.53. The molecule has 0 aliphatic rings. The van der Waals surface area contributed by atoms with Crippen molar-refractivity contribution in [3.05, 3.63) is 28.8 Å². The van der Waals surface area contributed by atoms with Crippen molar-refractivity contribution in [2.24, 2.45) is 0 Å². The van der Waals surface area contributed by atoms with Crippen LogP contribution >= 0.6 is 0 Å². The van der Waals surface area contributed by atoms with E-state index in [-0.39, 0.29) is 0 Å². The first-order chi connectivity index (χ1) is 9.19. The van der Waals surface area contributed by atoms with Crippen LogP contribution < -0.4 is 4.74 Å². The molecule has 0 amide bonds. The molecule has 9 heteroatoms. The van der Waals surface area contributed by atoms with Crippen LogP contribution in [0.2, 0.25) is 0 Å². The van der Waals surface area contributed by atoms with Crippen LogP contribution in [0.15, 0.2) is 12.1 Å². The van der Waals surface area contributed by atoms with E-state index in [1.54, 1.807) is 0 Å². The zero-order chi connectivity index (χ0) is 15.5. The summed E-state index contributed by atoms with van der Waals surface area (Å²) in [5.41, 5.74) is -2.29. The molecular weight excluding hydrogens is 289 g/mol. The van der Waals surface area contributed by atoms with Crippen molar-refractivity contribution in [3.63, 3.8) is 0 Å². The Kier molecular flexibility index (Phi) is 4.49. The molecule has 0 bridgehead atoms. The van der Waals surface area contributed by atoms with Crippen LogP contribution in [0, 0.1) is 11.3 Å². The van der Waals surface area contributed by atoms with Crippen molar-refractivity contribution in [1.29, 1.82) is 5.26 Å². The van der Waals surface area contributed by atoms with E-state index in [9.17, 15) is 26.7 Å². The molecule has 0 spiro atoms. The predicted octanol–water partition coefficient (Wildman–Crippen LogP) is 3.18. The number of methoxy groups -OCH3 is 1. The highest BCUT2D eigenvalue weighted by atomic mass is 19.4. The van der Waals surface area contributed by atoms with Gasteiger partial charge in [0.25, 0.3) is 6.43 Å². The van der Waals surface area contributed by atoms with Gasteiger partial charge in [-0.05, 0) is 12.1 Å². The molecule has 1 aromatic carbocycles. The normalized spacial score (nSPS) is 11.1. The van der Waals surface area contributed by atoms with E-state index >= 15 is 0 Å². The van der Waals surface area contributed by atoms with Crippen molar-refractivity contribution in [2.75, 3.05) is 7.11 Å². The topological polar surface area (TPSA) is 59.3 Å². The zero-order valence-corrected chi connectivity index (χ0v) is 9.79. The molecule has 108 valence electrons. The molecule has 0 heterocycles. The van der Waals surface area contributed by atoms with Crippen LogP contribution in [-0.2, 0) is 4.74 Å². The quantitative estimate of drug-likeness (QED) is 0.634. The fourth-order valence-corrected chi connectivity index (χ4v) is 1.35. The van der Waals surface area contributed by atoms with E-state index in [0.29, 0.717) is 12.1 Å². The minimum Gasteiger partial charge on any atom is -0.465 e. The summed E-state index contributed by atoms with van der Waals surface area (Å²) >= 11 is 0. The van der Waals surface area contributed by atoms with Crippen LogP contribution in [0.1, 0.15) is 27.9 Å². The Bertz CT molecular complexity index is 562. The second-order valence-corrected chi connectivity index (χ2v) is 3.39. The van der Waals surface area contributed by atoms with E-state index in [0.717, 1.165) is 7.11 Å². The third kappa shape index (κ3) is 3.57. The fourth-order valence-electron chi connectivity index (χ4n) is 1.35. The fraction of sp³-hybridized carbons (Fsp3) is 0.273. The SMILES string of the molecule is COC(=O)c1cc(OC(F)(F)F)c(C(F)F)cc1C#N. The maximum atomic E-state index is 12.7. The van der Waals surface area contributed by atoms with Crippen LogP contribution in [0.4, 0.5) is 22.0 Å². The number of ether oxygens (including phenoxy) is 2. The molecule has 20 heavy (non-hydrogen) atoms. The van der Waals surface area contributed by atoms with Gasteiger partial charge in [0, 0.05) is 0 Å². The summed E-state index contributed by atoms with van der Waals surface area (Å²) in [4.78, 5) is 11.3. The summed E-state index contributed by atoms with van der Waals surface area (Å²) in [5, 5.41) is 8.73. The Morgan fingerprint density at radius 3 is 2.35 bits per heavy atom. The lowest BCUT2D eigenvalue weighted by Gasteiger charge is -2.14. The Morgan fingerprint density at radius 2 is 1.95 bits per heavy atom. The van der Waals surface area contributed by atoms with Crippen molar-refractivity contribution in [3.8, 4) is 11.8 Å². The molecule has 4 nitrogen and oxygen atoms in total. The highest BCUT2D eigenvalue weighted by Crippen LogP contribution is 2.35. The van der Waals surface area contributed by atoms with Gasteiger partial charge in [-0.1, -0.05) is 0 Å². The summed E-state index contributed by atoms with van der Waals surface area (Å²) in [7, 11) is 0.925. The third-order valence-electron chi connectivity index (χ3n) is 2.14. The molecule has 0 aromatic heterocycles. The molecule has 0 N–H and O–H groups in total. The van der Waals surface area contributed by atoms with Crippen molar-refractivity contribution in [1.82, 2.24) is 0 Å². The van der Waals surface area contributed by atoms with E-state index in [1.165, 1.54) is 6.07 Å². The molecule has 0 atom stereocenters. The van der Waals surface area contributed by atoms with Crippen molar-refractivity contribution < 1.29 is 36.2 Å². The number of nitriles is 1. The van der Waals surface area contributed by atoms with Gasteiger partial charge in [-0.3, -0.25) is 0 Å². The van der Waals surface area contributed by atoms with Gasteiger partial charge in [-0.2, -0.15) is 5.26 Å². The zero-order valence-electron chi connectivity index (χ0n) is 9.79. The van der Waals surface area contributed by atoms with Gasteiger partial charge in [-0.15, -0.1) is 13.2 Å². The second kappa shape index (κ2) is 5.73. The lowest BCUT2D eigenvalue weighted by Crippen LogP contribution is -2.19. The largest absolute Gasteiger partial charge is 0.573 e. The molecule has 0 aliphatic carbocycles. The number of carbonyl (C=O) groups is 1. The summed E-state index contributed by atoms with van der Waals surface area (Å²) < 4.78 is 69.4. The summed E-state index contributed by atoms with van der Waals surface area (Å²) in [5.74, 6) is -2.40. The maximum absolute atomic E-state index is 12.7. The van der Waals surface area contributed by atoms with E-state index in [1.807, 2.05) is 0 Å². The average molecular weight is 295 g/mol.